The fraction of sp³-hybridized carbons (Fsp3) is 0.571. The molecule has 0 atom stereocenters. The highest BCUT2D eigenvalue weighted by molar-refractivity contribution is 5.93. The molecule has 5 heteroatoms. The van der Waals surface area contributed by atoms with E-state index < -0.39 is 0 Å². The number of aryl methyl sites for hydroxylation is 1. The van der Waals surface area contributed by atoms with E-state index in [0.717, 1.165) is 25.0 Å². The summed E-state index contributed by atoms with van der Waals surface area (Å²) in [7, 11) is 0. The largest absolute Gasteiger partial charge is 0.395 e. The first kappa shape index (κ1) is 15.4. The summed E-state index contributed by atoms with van der Waals surface area (Å²) in [6, 6.07) is 1.41. The number of carbonyl (C=O) groups excluding carboxylic acids is 1. The smallest absolute Gasteiger partial charge is 0.259 e. The van der Waals surface area contributed by atoms with Gasteiger partial charge in [0.05, 0.1) is 6.61 Å². The Morgan fingerprint density at radius 3 is 2.68 bits per heavy atom. The molecule has 1 amide bonds. The van der Waals surface area contributed by atoms with Crippen LogP contribution in [0.5, 0.6) is 0 Å². The molecular formula is C14H22N2O3. The van der Waals surface area contributed by atoms with Gasteiger partial charge in [-0.3, -0.25) is 9.59 Å². The number of aromatic amines is 1. The van der Waals surface area contributed by atoms with Crippen LogP contribution < -0.4 is 5.43 Å². The Hall–Kier alpha value is -1.62. The van der Waals surface area contributed by atoms with Crippen molar-refractivity contribution >= 4 is 5.91 Å². The number of aromatic nitrogens is 1. The minimum atomic E-state index is -0.314. The molecule has 0 spiro atoms. The van der Waals surface area contributed by atoms with Gasteiger partial charge in [-0.05, 0) is 13.3 Å². The highest BCUT2D eigenvalue weighted by Crippen LogP contribution is 2.04. The van der Waals surface area contributed by atoms with Crippen LogP contribution in [0.25, 0.3) is 0 Å². The van der Waals surface area contributed by atoms with Gasteiger partial charge in [0.1, 0.15) is 5.56 Å². The number of nitrogens with zero attached hydrogens (tertiary/aromatic N) is 1. The van der Waals surface area contributed by atoms with Gasteiger partial charge in [-0.2, -0.15) is 0 Å². The molecule has 1 rings (SSSR count). The quantitative estimate of drug-likeness (QED) is 0.731. The first-order valence-corrected chi connectivity index (χ1v) is 6.69. The number of amides is 1. The highest BCUT2D eigenvalue weighted by atomic mass is 16.3. The normalized spacial score (nSPS) is 10.5. The summed E-state index contributed by atoms with van der Waals surface area (Å²) in [4.78, 5) is 28.5. The number of unbranched alkanes of at least 4 members (excludes halogenated alkanes) is 2. The second kappa shape index (κ2) is 7.74. The van der Waals surface area contributed by atoms with Gasteiger partial charge in [0, 0.05) is 31.0 Å². The lowest BCUT2D eigenvalue weighted by Gasteiger charge is -2.21. The maximum Gasteiger partial charge on any atom is 0.259 e. The third-order valence-electron chi connectivity index (χ3n) is 2.98. The summed E-state index contributed by atoms with van der Waals surface area (Å²) in [6.45, 7) is 4.59. The number of hydrogen-bond donors (Lipinski definition) is 2. The zero-order chi connectivity index (χ0) is 14.3. The number of aliphatic hydroxyl groups is 1. The van der Waals surface area contributed by atoms with Crippen molar-refractivity contribution in [2.24, 2.45) is 0 Å². The fourth-order valence-electron chi connectivity index (χ4n) is 1.90. The molecular weight excluding hydrogens is 244 g/mol. The Kier molecular flexibility index (Phi) is 6.29. The van der Waals surface area contributed by atoms with E-state index in [1.54, 1.807) is 6.92 Å². The number of rotatable bonds is 7. The van der Waals surface area contributed by atoms with Crippen LogP contribution in [0.2, 0.25) is 0 Å². The van der Waals surface area contributed by atoms with Gasteiger partial charge in [0.25, 0.3) is 5.91 Å². The fourth-order valence-corrected chi connectivity index (χ4v) is 1.90. The van der Waals surface area contributed by atoms with Gasteiger partial charge >= 0.3 is 0 Å². The Balaban J connectivity index is 2.83. The molecule has 0 aliphatic heterocycles. The zero-order valence-corrected chi connectivity index (χ0v) is 11.6. The Labute approximate surface area is 113 Å². The van der Waals surface area contributed by atoms with Crippen LogP contribution in [0.4, 0.5) is 0 Å². The molecule has 2 N–H and O–H groups in total. The minimum absolute atomic E-state index is 0.0956. The molecule has 0 bridgehead atoms. The topological polar surface area (TPSA) is 73.4 Å². The van der Waals surface area contributed by atoms with Gasteiger partial charge in [0.2, 0.25) is 0 Å². The van der Waals surface area contributed by atoms with Crippen molar-refractivity contribution in [1.82, 2.24) is 9.88 Å². The molecule has 106 valence electrons. The van der Waals surface area contributed by atoms with Crippen LogP contribution in [0.1, 0.15) is 42.2 Å². The van der Waals surface area contributed by atoms with E-state index in [1.165, 1.54) is 17.2 Å². The van der Waals surface area contributed by atoms with E-state index in [4.69, 9.17) is 5.11 Å². The number of hydrogen-bond acceptors (Lipinski definition) is 3. The van der Waals surface area contributed by atoms with Crippen molar-refractivity contribution in [3.05, 3.63) is 33.7 Å². The van der Waals surface area contributed by atoms with E-state index in [2.05, 4.69) is 11.9 Å². The number of pyridine rings is 1. The lowest BCUT2D eigenvalue weighted by molar-refractivity contribution is 0.0717. The third kappa shape index (κ3) is 4.52. The van der Waals surface area contributed by atoms with Crippen LogP contribution in [0.3, 0.4) is 0 Å². The van der Waals surface area contributed by atoms with Crippen molar-refractivity contribution in [3.8, 4) is 0 Å². The van der Waals surface area contributed by atoms with Gasteiger partial charge < -0.3 is 15.0 Å². The van der Waals surface area contributed by atoms with Gasteiger partial charge in [-0.15, -0.1) is 0 Å². The predicted octanol–water partition coefficient (Wildman–Crippen LogP) is 1.31. The monoisotopic (exact) mass is 266 g/mol. The van der Waals surface area contributed by atoms with Gasteiger partial charge in [-0.25, -0.2) is 0 Å². The molecule has 0 unspecified atom stereocenters. The van der Waals surface area contributed by atoms with Crippen molar-refractivity contribution in [2.45, 2.75) is 33.1 Å². The summed E-state index contributed by atoms with van der Waals surface area (Å²) in [5.74, 6) is -0.314. The molecule has 1 heterocycles. The second-order valence-electron chi connectivity index (χ2n) is 4.62. The predicted molar refractivity (Wildman–Crippen MR) is 74.3 cm³/mol. The summed E-state index contributed by atoms with van der Waals surface area (Å²) in [5, 5.41) is 9.02. The molecule has 0 radical (unpaired) electrons. The first-order valence-electron chi connectivity index (χ1n) is 6.69. The second-order valence-corrected chi connectivity index (χ2v) is 4.62. The van der Waals surface area contributed by atoms with E-state index in [-0.39, 0.29) is 30.1 Å². The molecule has 0 aliphatic rings. The van der Waals surface area contributed by atoms with Crippen LogP contribution in [-0.2, 0) is 0 Å². The number of H-pyrrole nitrogens is 1. The molecule has 0 aliphatic carbocycles. The maximum atomic E-state index is 12.3. The van der Waals surface area contributed by atoms with Crippen LogP contribution in [0.15, 0.2) is 17.1 Å². The molecule has 0 aromatic carbocycles. The first-order chi connectivity index (χ1) is 9.10. The van der Waals surface area contributed by atoms with Crippen LogP contribution in [-0.4, -0.2) is 40.6 Å². The van der Waals surface area contributed by atoms with Crippen LogP contribution in [0, 0.1) is 6.92 Å². The molecule has 5 nitrogen and oxygen atoms in total. The maximum absolute atomic E-state index is 12.3. The average molecular weight is 266 g/mol. The van der Waals surface area contributed by atoms with E-state index in [9.17, 15) is 9.59 Å². The van der Waals surface area contributed by atoms with E-state index >= 15 is 0 Å². The SMILES string of the molecule is CCCCCN(CCO)C(=O)c1c[nH]c(C)cc1=O. The van der Waals surface area contributed by atoms with Crippen LogP contribution >= 0.6 is 0 Å². The summed E-state index contributed by atoms with van der Waals surface area (Å²) in [6.07, 6.45) is 4.42. The van der Waals surface area contributed by atoms with Crippen molar-refractivity contribution in [1.29, 1.82) is 0 Å². The summed E-state index contributed by atoms with van der Waals surface area (Å²) >= 11 is 0. The molecule has 1 aromatic rings. The number of aliphatic hydroxyl groups excluding tert-OH is 1. The lowest BCUT2D eigenvalue weighted by Crippen LogP contribution is -2.37. The molecule has 0 saturated heterocycles. The molecule has 1 aromatic heterocycles. The van der Waals surface area contributed by atoms with Crippen molar-refractivity contribution in [2.75, 3.05) is 19.7 Å². The third-order valence-corrected chi connectivity index (χ3v) is 2.98. The van der Waals surface area contributed by atoms with Crippen molar-refractivity contribution in [3.63, 3.8) is 0 Å². The summed E-state index contributed by atoms with van der Waals surface area (Å²) in [5.41, 5.74) is 0.580. The van der Waals surface area contributed by atoms with Gasteiger partial charge in [-0.1, -0.05) is 19.8 Å². The Bertz CT molecular complexity index is 468. The standard InChI is InChI=1S/C14H22N2O3/c1-3-4-5-6-16(7-8-17)14(19)12-10-15-11(2)9-13(12)18/h9-10,17H,3-8H2,1-2H3,(H,15,18). The number of carbonyl (C=O) groups is 1. The van der Waals surface area contributed by atoms with E-state index in [1.807, 2.05) is 0 Å². The minimum Gasteiger partial charge on any atom is -0.395 e. The number of nitrogens with one attached hydrogen (secondary N) is 1. The molecule has 0 fully saturated rings. The zero-order valence-electron chi connectivity index (χ0n) is 11.6. The molecule has 19 heavy (non-hydrogen) atoms. The van der Waals surface area contributed by atoms with E-state index in [0.29, 0.717) is 6.54 Å². The molecule has 0 saturated carbocycles. The Morgan fingerprint density at radius 1 is 1.37 bits per heavy atom. The summed E-state index contributed by atoms with van der Waals surface area (Å²) < 4.78 is 0. The Morgan fingerprint density at radius 2 is 2.11 bits per heavy atom. The van der Waals surface area contributed by atoms with Gasteiger partial charge in [0.15, 0.2) is 5.43 Å². The average Bonchev–Trinajstić information content (AvgIpc) is 2.37. The van der Waals surface area contributed by atoms with Crippen molar-refractivity contribution < 1.29 is 9.90 Å². The highest BCUT2D eigenvalue weighted by Gasteiger charge is 2.17. The lowest BCUT2D eigenvalue weighted by atomic mass is 10.2.